The number of hydrogen-bond donors (Lipinski definition) is 3. The number of rotatable bonds is 1. The van der Waals surface area contributed by atoms with Crippen molar-refractivity contribution in [3.05, 3.63) is 52.0 Å². The second kappa shape index (κ2) is 13.8. The number of fused-ring (bicyclic) bond motifs is 3. The van der Waals surface area contributed by atoms with Gasteiger partial charge in [-0.1, -0.05) is 50.6 Å². The molecule has 38 heavy (non-hydrogen) atoms. The highest BCUT2D eigenvalue weighted by atomic mass is 32.1. The van der Waals surface area contributed by atoms with Crippen molar-refractivity contribution in [1.29, 1.82) is 0 Å². The summed E-state index contributed by atoms with van der Waals surface area (Å²) in [6.07, 6.45) is 7.73. The summed E-state index contributed by atoms with van der Waals surface area (Å²) in [5.74, 6) is -1.27. The molecule has 1 saturated heterocycles. The third-order valence-electron chi connectivity index (χ3n) is 6.69. The van der Waals surface area contributed by atoms with E-state index < -0.39 is 30.3 Å². The predicted octanol–water partition coefficient (Wildman–Crippen LogP) is 2.79. The number of cyclic esters (lactones) is 1. The first-order chi connectivity index (χ1) is 18.0. The van der Waals surface area contributed by atoms with Gasteiger partial charge in [-0.2, -0.15) is 0 Å². The number of nitrogens with one attached hydrogen (secondary N) is 1. The molecule has 3 rings (SSSR count). The van der Waals surface area contributed by atoms with Gasteiger partial charge < -0.3 is 25.2 Å². The van der Waals surface area contributed by atoms with Crippen LogP contribution in [0.15, 0.2) is 41.3 Å². The van der Waals surface area contributed by atoms with Crippen LogP contribution in [0.2, 0.25) is 0 Å². The standard InChI is InChI=1S/C28H39N3O6S/c1-17(2)26-19(4)9-10-24(34)29-11-5-7-18(3)13-20(32)14-21(33)15-25-30-22(16-38-25)27(35)31-12-6-8-23(31)28(36)37-26/h5,7,9-10,13,16-17,19-21,23,26,32-33H,6,8,11-12,14-15H2,1-4H3,(H,29,34)/b7-5+,10-9+,18-13+/t19-,20-,21+,23-,26-/m1/s1. The van der Waals surface area contributed by atoms with Crippen LogP contribution < -0.4 is 5.32 Å². The minimum absolute atomic E-state index is 0.00210. The molecule has 208 valence electrons. The van der Waals surface area contributed by atoms with E-state index in [0.29, 0.717) is 30.9 Å². The largest absolute Gasteiger partial charge is 0.460 e. The second-order valence-corrected chi connectivity index (χ2v) is 11.3. The van der Waals surface area contributed by atoms with Gasteiger partial charge in [0.2, 0.25) is 5.91 Å². The molecule has 0 unspecified atom stereocenters. The van der Waals surface area contributed by atoms with Gasteiger partial charge in [0.25, 0.3) is 5.91 Å². The normalized spacial score (nSPS) is 31.7. The molecule has 5 atom stereocenters. The molecule has 3 N–H and O–H groups in total. The molecule has 10 heteroatoms. The molecule has 1 aromatic rings. The average molecular weight is 546 g/mol. The van der Waals surface area contributed by atoms with Crippen LogP contribution in [0.4, 0.5) is 0 Å². The third kappa shape index (κ3) is 8.34. The second-order valence-electron chi connectivity index (χ2n) is 10.4. The van der Waals surface area contributed by atoms with Crippen molar-refractivity contribution in [2.45, 2.75) is 77.7 Å². The summed E-state index contributed by atoms with van der Waals surface area (Å²) in [5, 5.41) is 25.8. The molecule has 2 aliphatic rings. The SMILES string of the molecule is CC1=C\[C@@H](O)C[C@H](O)Cc2nc(cs2)C(=O)N2CCC[C@@H]2C(=O)O[C@H](C(C)C)[C@H](C)/C=C/C(=O)NC\C=C\1. The van der Waals surface area contributed by atoms with E-state index in [0.717, 1.165) is 5.57 Å². The Morgan fingerprint density at radius 1 is 1.21 bits per heavy atom. The van der Waals surface area contributed by atoms with Gasteiger partial charge in [0.1, 0.15) is 17.8 Å². The maximum atomic E-state index is 13.3. The van der Waals surface area contributed by atoms with Gasteiger partial charge in [0.15, 0.2) is 0 Å². The Kier molecular flexibility index (Phi) is 10.8. The van der Waals surface area contributed by atoms with Crippen LogP contribution in [-0.2, 0) is 20.7 Å². The number of esters is 1. The summed E-state index contributed by atoms with van der Waals surface area (Å²) in [6.45, 7) is 8.37. The Morgan fingerprint density at radius 2 is 1.97 bits per heavy atom. The highest BCUT2D eigenvalue weighted by Gasteiger charge is 2.38. The lowest BCUT2D eigenvalue weighted by Crippen LogP contribution is -2.44. The molecular weight excluding hydrogens is 506 g/mol. The fourth-order valence-corrected chi connectivity index (χ4v) is 5.61. The summed E-state index contributed by atoms with van der Waals surface area (Å²) in [4.78, 5) is 44.7. The molecule has 1 fully saturated rings. The fourth-order valence-electron chi connectivity index (χ4n) is 4.77. The maximum absolute atomic E-state index is 13.3. The molecule has 0 radical (unpaired) electrons. The van der Waals surface area contributed by atoms with Crippen LogP contribution in [0.1, 0.15) is 62.5 Å². The summed E-state index contributed by atoms with van der Waals surface area (Å²) >= 11 is 1.27. The van der Waals surface area contributed by atoms with Gasteiger partial charge in [0.05, 0.1) is 17.2 Å². The first kappa shape index (κ1) is 29.7. The zero-order chi connectivity index (χ0) is 27.8. The number of hydrogen-bond acceptors (Lipinski definition) is 8. The van der Waals surface area contributed by atoms with Crippen LogP contribution >= 0.6 is 11.3 Å². The third-order valence-corrected chi connectivity index (χ3v) is 7.56. The molecule has 9 nitrogen and oxygen atoms in total. The van der Waals surface area contributed by atoms with Gasteiger partial charge in [-0.3, -0.25) is 9.59 Å². The highest BCUT2D eigenvalue weighted by molar-refractivity contribution is 7.09. The predicted molar refractivity (Wildman–Crippen MR) is 145 cm³/mol. The Balaban J connectivity index is 1.85. The average Bonchev–Trinajstić information content (AvgIpc) is 3.52. The monoisotopic (exact) mass is 545 g/mol. The van der Waals surface area contributed by atoms with E-state index in [1.54, 1.807) is 29.7 Å². The van der Waals surface area contributed by atoms with Crippen molar-refractivity contribution in [1.82, 2.24) is 15.2 Å². The van der Waals surface area contributed by atoms with Crippen molar-refractivity contribution >= 4 is 29.1 Å². The maximum Gasteiger partial charge on any atom is 0.329 e. The van der Waals surface area contributed by atoms with Crippen molar-refractivity contribution < 1.29 is 29.3 Å². The minimum Gasteiger partial charge on any atom is -0.460 e. The number of aliphatic hydroxyl groups excluding tert-OH is 2. The summed E-state index contributed by atoms with van der Waals surface area (Å²) in [6, 6.07) is -0.697. The number of nitrogens with zero attached hydrogens (tertiary/aromatic N) is 2. The molecule has 0 aromatic carbocycles. The van der Waals surface area contributed by atoms with E-state index in [-0.39, 0.29) is 42.2 Å². The number of ether oxygens (including phenoxy) is 1. The molecule has 2 amide bonds. The van der Waals surface area contributed by atoms with Crippen LogP contribution in [0.3, 0.4) is 0 Å². The lowest BCUT2D eigenvalue weighted by atomic mass is 9.94. The number of carbonyl (C=O) groups excluding carboxylic acids is 3. The highest BCUT2D eigenvalue weighted by Crippen LogP contribution is 2.26. The molecule has 2 aliphatic heterocycles. The number of thiazole rings is 1. The minimum atomic E-state index is -0.860. The van der Waals surface area contributed by atoms with Crippen molar-refractivity contribution in [3.8, 4) is 0 Å². The van der Waals surface area contributed by atoms with Crippen LogP contribution in [0.25, 0.3) is 0 Å². The fraction of sp³-hybridized carbons (Fsp3) is 0.571. The summed E-state index contributed by atoms with van der Waals surface area (Å²) < 4.78 is 5.91. The van der Waals surface area contributed by atoms with Gasteiger partial charge in [-0.25, -0.2) is 9.78 Å². The number of aromatic nitrogens is 1. The Labute approximate surface area is 228 Å². The lowest BCUT2D eigenvalue weighted by Gasteiger charge is -2.29. The van der Waals surface area contributed by atoms with E-state index in [1.807, 2.05) is 27.7 Å². The Morgan fingerprint density at radius 3 is 2.71 bits per heavy atom. The van der Waals surface area contributed by atoms with Gasteiger partial charge in [0, 0.05) is 37.2 Å². The van der Waals surface area contributed by atoms with Crippen molar-refractivity contribution in [2.24, 2.45) is 11.8 Å². The molecule has 3 heterocycles. The number of allylic oxidation sites excluding steroid dienone is 2. The van der Waals surface area contributed by atoms with Crippen LogP contribution in [0.5, 0.6) is 0 Å². The summed E-state index contributed by atoms with van der Waals surface area (Å²) in [5.41, 5.74) is 1.03. The zero-order valence-corrected chi connectivity index (χ0v) is 23.3. The number of amides is 2. The van der Waals surface area contributed by atoms with Crippen LogP contribution in [-0.4, -0.2) is 75.3 Å². The van der Waals surface area contributed by atoms with Crippen molar-refractivity contribution in [3.63, 3.8) is 0 Å². The molecule has 2 bridgehead atoms. The van der Waals surface area contributed by atoms with E-state index in [1.165, 1.54) is 22.3 Å². The quantitative estimate of drug-likeness (QED) is 0.463. The van der Waals surface area contributed by atoms with E-state index >= 15 is 0 Å². The van der Waals surface area contributed by atoms with Crippen LogP contribution in [0, 0.1) is 11.8 Å². The molecular formula is C28H39N3O6S. The van der Waals surface area contributed by atoms with E-state index in [2.05, 4.69) is 10.3 Å². The van der Waals surface area contributed by atoms with Crippen molar-refractivity contribution in [2.75, 3.05) is 13.1 Å². The van der Waals surface area contributed by atoms with Gasteiger partial charge in [-0.05, 0) is 31.8 Å². The topological polar surface area (TPSA) is 129 Å². The number of carbonyl (C=O) groups is 3. The Hall–Kier alpha value is -2.82. The Bertz CT molecular complexity index is 1080. The van der Waals surface area contributed by atoms with Gasteiger partial charge >= 0.3 is 5.97 Å². The molecule has 0 aliphatic carbocycles. The lowest BCUT2D eigenvalue weighted by molar-refractivity contribution is -0.158. The molecule has 1 aromatic heterocycles. The summed E-state index contributed by atoms with van der Waals surface area (Å²) in [7, 11) is 0. The first-order valence-electron chi connectivity index (χ1n) is 13.2. The number of aliphatic hydroxyl groups is 2. The smallest absolute Gasteiger partial charge is 0.329 e. The van der Waals surface area contributed by atoms with E-state index in [9.17, 15) is 24.6 Å². The molecule has 0 saturated carbocycles. The first-order valence-corrected chi connectivity index (χ1v) is 14.1. The molecule has 0 spiro atoms. The zero-order valence-electron chi connectivity index (χ0n) is 22.5. The van der Waals surface area contributed by atoms with Gasteiger partial charge in [-0.15, -0.1) is 11.3 Å². The van der Waals surface area contributed by atoms with E-state index in [4.69, 9.17) is 4.74 Å².